The lowest BCUT2D eigenvalue weighted by atomic mass is 10.2. The van der Waals surface area contributed by atoms with Crippen molar-refractivity contribution in [2.45, 2.75) is 33.6 Å². The van der Waals surface area contributed by atoms with Gasteiger partial charge in [0.15, 0.2) is 0 Å². The standard InChI is InChI=1S/C5H9F3O.2CH4/c6-3-1-2-5(7,8)4-9;;/h9H,1-4H2;2*1H4. The summed E-state index contributed by atoms with van der Waals surface area (Å²) >= 11 is 0. The number of alkyl halides is 3. The summed E-state index contributed by atoms with van der Waals surface area (Å²) in [6.07, 6.45) is -0.756. The van der Waals surface area contributed by atoms with Gasteiger partial charge in [-0.05, 0) is 6.42 Å². The van der Waals surface area contributed by atoms with Crippen molar-refractivity contribution in [2.24, 2.45) is 0 Å². The molecule has 0 radical (unpaired) electrons. The third-order valence-electron chi connectivity index (χ3n) is 0.907. The van der Waals surface area contributed by atoms with Crippen molar-refractivity contribution >= 4 is 0 Å². The Kier molecular flexibility index (Phi) is 12.1. The van der Waals surface area contributed by atoms with Gasteiger partial charge >= 0.3 is 0 Å². The van der Waals surface area contributed by atoms with Gasteiger partial charge in [-0.15, -0.1) is 0 Å². The maximum atomic E-state index is 11.9. The van der Waals surface area contributed by atoms with Crippen molar-refractivity contribution in [1.29, 1.82) is 0 Å². The number of hydrogen-bond acceptors (Lipinski definition) is 1. The first-order valence-electron chi connectivity index (χ1n) is 2.67. The lowest BCUT2D eigenvalue weighted by Crippen LogP contribution is -2.20. The molecule has 0 aliphatic rings. The Morgan fingerprint density at radius 3 is 1.91 bits per heavy atom. The second-order valence-electron chi connectivity index (χ2n) is 1.81. The fourth-order valence-corrected chi connectivity index (χ4v) is 0.405. The lowest BCUT2D eigenvalue weighted by molar-refractivity contribution is -0.0583. The summed E-state index contributed by atoms with van der Waals surface area (Å²) in [6, 6.07) is 0. The molecular weight excluding hydrogens is 157 g/mol. The Morgan fingerprint density at radius 1 is 1.18 bits per heavy atom. The van der Waals surface area contributed by atoms with Gasteiger partial charge < -0.3 is 5.11 Å². The first-order valence-corrected chi connectivity index (χ1v) is 2.67. The molecule has 0 amide bonds. The lowest BCUT2D eigenvalue weighted by Gasteiger charge is -2.10. The van der Waals surface area contributed by atoms with E-state index < -0.39 is 25.6 Å². The van der Waals surface area contributed by atoms with E-state index in [0.29, 0.717) is 0 Å². The topological polar surface area (TPSA) is 20.2 Å². The average molecular weight is 174 g/mol. The maximum absolute atomic E-state index is 11.9. The Balaban J connectivity index is -0.000000320. The normalized spacial score (nSPS) is 9.82. The van der Waals surface area contributed by atoms with Gasteiger partial charge in [0.2, 0.25) is 0 Å². The van der Waals surface area contributed by atoms with E-state index in [4.69, 9.17) is 5.11 Å². The van der Waals surface area contributed by atoms with Crippen molar-refractivity contribution in [1.82, 2.24) is 0 Å². The summed E-state index contributed by atoms with van der Waals surface area (Å²) < 4.78 is 35.1. The first-order chi connectivity index (χ1) is 4.12. The van der Waals surface area contributed by atoms with Gasteiger partial charge in [0.25, 0.3) is 5.92 Å². The average Bonchev–Trinajstić information content (AvgIpc) is 1.84. The highest BCUT2D eigenvalue weighted by Crippen LogP contribution is 2.18. The predicted octanol–water partition coefficient (Wildman–Crippen LogP) is 2.64. The fourth-order valence-electron chi connectivity index (χ4n) is 0.405. The molecule has 0 bridgehead atoms. The molecule has 0 atom stereocenters. The summed E-state index contributed by atoms with van der Waals surface area (Å²) in [6.45, 7) is -1.94. The van der Waals surface area contributed by atoms with E-state index in [2.05, 4.69) is 0 Å². The summed E-state index contributed by atoms with van der Waals surface area (Å²) in [5.41, 5.74) is 0. The molecular formula is C7H17F3O. The molecule has 0 unspecified atom stereocenters. The Hall–Kier alpha value is -0.250. The number of aliphatic hydroxyl groups excluding tert-OH is 1. The van der Waals surface area contributed by atoms with Gasteiger partial charge in [-0.2, -0.15) is 0 Å². The molecule has 0 aliphatic carbocycles. The monoisotopic (exact) mass is 174 g/mol. The van der Waals surface area contributed by atoms with E-state index in [9.17, 15) is 13.2 Å². The van der Waals surface area contributed by atoms with Crippen LogP contribution in [0.5, 0.6) is 0 Å². The molecule has 0 spiro atoms. The van der Waals surface area contributed by atoms with Crippen LogP contribution in [0.15, 0.2) is 0 Å². The molecule has 0 aliphatic heterocycles. The van der Waals surface area contributed by atoms with Crippen molar-refractivity contribution in [3.63, 3.8) is 0 Å². The van der Waals surface area contributed by atoms with Crippen LogP contribution in [0.4, 0.5) is 13.2 Å². The fraction of sp³-hybridized carbons (Fsp3) is 1.00. The number of rotatable bonds is 4. The van der Waals surface area contributed by atoms with Crippen molar-refractivity contribution in [2.75, 3.05) is 13.3 Å². The molecule has 11 heavy (non-hydrogen) atoms. The quantitative estimate of drug-likeness (QED) is 0.694. The molecule has 0 rings (SSSR count). The zero-order valence-electron chi connectivity index (χ0n) is 4.91. The van der Waals surface area contributed by atoms with Gasteiger partial charge in [0, 0.05) is 6.42 Å². The Labute approximate surface area is 66.2 Å². The second-order valence-corrected chi connectivity index (χ2v) is 1.81. The van der Waals surface area contributed by atoms with Crippen LogP contribution in [-0.2, 0) is 0 Å². The minimum Gasteiger partial charge on any atom is -0.390 e. The first kappa shape index (κ1) is 17.0. The number of halogens is 3. The molecule has 1 N–H and O–H groups in total. The SMILES string of the molecule is C.C.OCC(F)(F)CCCF. The smallest absolute Gasteiger partial charge is 0.270 e. The zero-order chi connectivity index (χ0) is 7.33. The van der Waals surface area contributed by atoms with Gasteiger partial charge in [-0.3, -0.25) is 4.39 Å². The minimum atomic E-state index is -3.09. The Morgan fingerprint density at radius 2 is 1.64 bits per heavy atom. The predicted molar refractivity (Wildman–Crippen MR) is 40.7 cm³/mol. The van der Waals surface area contributed by atoms with Crippen molar-refractivity contribution < 1.29 is 18.3 Å². The van der Waals surface area contributed by atoms with E-state index in [0.717, 1.165) is 0 Å². The molecule has 1 nitrogen and oxygen atoms in total. The van der Waals surface area contributed by atoms with Gasteiger partial charge in [0.05, 0.1) is 6.67 Å². The van der Waals surface area contributed by atoms with E-state index in [-0.39, 0.29) is 21.3 Å². The third kappa shape index (κ3) is 9.75. The van der Waals surface area contributed by atoms with Crippen LogP contribution >= 0.6 is 0 Å². The highest BCUT2D eigenvalue weighted by atomic mass is 19.3. The molecule has 0 saturated heterocycles. The highest BCUT2D eigenvalue weighted by Gasteiger charge is 2.26. The van der Waals surface area contributed by atoms with E-state index in [1.165, 1.54) is 0 Å². The summed E-state index contributed by atoms with van der Waals surface area (Å²) in [7, 11) is 0. The van der Waals surface area contributed by atoms with Crippen molar-refractivity contribution in [3.05, 3.63) is 0 Å². The van der Waals surface area contributed by atoms with Gasteiger partial charge in [-0.25, -0.2) is 8.78 Å². The van der Waals surface area contributed by atoms with E-state index in [1.807, 2.05) is 0 Å². The summed E-state index contributed by atoms with van der Waals surface area (Å²) in [5.74, 6) is -3.09. The third-order valence-corrected chi connectivity index (χ3v) is 0.907. The molecule has 0 aromatic rings. The Bertz CT molecular complexity index is 76.1. The molecule has 0 fully saturated rings. The van der Waals surface area contributed by atoms with Crippen LogP contribution in [0.25, 0.3) is 0 Å². The van der Waals surface area contributed by atoms with E-state index in [1.54, 1.807) is 0 Å². The largest absolute Gasteiger partial charge is 0.390 e. The van der Waals surface area contributed by atoms with Crippen LogP contribution < -0.4 is 0 Å². The molecule has 4 heteroatoms. The van der Waals surface area contributed by atoms with Crippen LogP contribution in [0, 0.1) is 0 Å². The molecule has 0 saturated carbocycles. The number of aliphatic hydroxyl groups is 1. The molecule has 0 heterocycles. The second kappa shape index (κ2) is 7.85. The van der Waals surface area contributed by atoms with Crippen LogP contribution in [0.3, 0.4) is 0 Å². The highest BCUT2D eigenvalue weighted by molar-refractivity contribution is 4.62. The van der Waals surface area contributed by atoms with Crippen LogP contribution in [0.1, 0.15) is 27.7 Å². The molecule has 0 aromatic heterocycles. The van der Waals surface area contributed by atoms with Gasteiger partial charge in [-0.1, -0.05) is 14.9 Å². The summed E-state index contributed by atoms with van der Waals surface area (Å²) in [4.78, 5) is 0. The van der Waals surface area contributed by atoms with Crippen LogP contribution in [0.2, 0.25) is 0 Å². The van der Waals surface area contributed by atoms with Gasteiger partial charge in [0.1, 0.15) is 6.61 Å². The molecule has 0 aromatic carbocycles. The van der Waals surface area contributed by atoms with Crippen LogP contribution in [-0.4, -0.2) is 24.3 Å². The molecule has 72 valence electrons. The zero-order valence-corrected chi connectivity index (χ0v) is 4.91. The maximum Gasteiger partial charge on any atom is 0.270 e. The summed E-state index contributed by atoms with van der Waals surface area (Å²) in [5, 5.41) is 7.95. The van der Waals surface area contributed by atoms with Crippen molar-refractivity contribution in [3.8, 4) is 0 Å². The number of hydrogen-bond donors (Lipinski definition) is 1. The minimum absolute atomic E-state index is 0. The van der Waals surface area contributed by atoms with E-state index >= 15 is 0 Å².